The number of rotatable bonds is 6. The molecular formula is C19H17ClN4O2. The molecule has 6 nitrogen and oxygen atoms in total. The largest absolute Gasteiger partial charge is 0.495 e. The van der Waals surface area contributed by atoms with Crippen molar-refractivity contribution in [3.63, 3.8) is 0 Å². The van der Waals surface area contributed by atoms with E-state index < -0.39 is 0 Å². The van der Waals surface area contributed by atoms with Crippen molar-refractivity contribution in [2.75, 3.05) is 12.4 Å². The highest BCUT2D eigenvalue weighted by Gasteiger charge is 2.08. The van der Waals surface area contributed by atoms with Gasteiger partial charge in [-0.1, -0.05) is 41.9 Å². The van der Waals surface area contributed by atoms with Crippen molar-refractivity contribution in [1.29, 1.82) is 0 Å². The quantitative estimate of drug-likeness (QED) is 0.691. The number of anilines is 2. The van der Waals surface area contributed by atoms with E-state index in [4.69, 9.17) is 16.3 Å². The van der Waals surface area contributed by atoms with Gasteiger partial charge in [-0.15, -0.1) is 10.2 Å². The summed E-state index contributed by atoms with van der Waals surface area (Å²) in [6.45, 7) is 0.436. The fraction of sp³-hybridized carbons (Fsp3) is 0.105. The molecule has 132 valence electrons. The summed E-state index contributed by atoms with van der Waals surface area (Å²) in [7, 11) is 1.56. The number of benzene rings is 2. The summed E-state index contributed by atoms with van der Waals surface area (Å²) in [5.74, 6) is 0.819. The second-order valence-electron chi connectivity index (χ2n) is 5.45. The zero-order chi connectivity index (χ0) is 18.4. The second-order valence-corrected chi connectivity index (χ2v) is 5.85. The Hall–Kier alpha value is -3.12. The van der Waals surface area contributed by atoms with Crippen molar-refractivity contribution in [2.45, 2.75) is 6.54 Å². The number of carbonyl (C=O) groups is 1. The summed E-state index contributed by atoms with van der Waals surface area (Å²) in [4.78, 5) is 12.1. The van der Waals surface area contributed by atoms with Gasteiger partial charge in [-0.3, -0.25) is 4.79 Å². The monoisotopic (exact) mass is 368 g/mol. The molecule has 3 rings (SSSR count). The SMILES string of the molecule is COc1ccc(Nc2ccc(C(=O)NCc3ccccc3)nn2)cc1Cl. The third-order valence-electron chi connectivity index (χ3n) is 3.62. The van der Waals surface area contributed by atoms with Crippen LogP contribution in [-0.4, -0.2) is 23.2 Å². The van der Waals surface area contributed by atoms with Crippen LogP contribution in [0.25, 0.3) is 0 Å². The number of halogens is 1. The number of ether oxygens (including phenoxy) is 1. The number of hydrogen-bond donors (Lipinski definition) is 2. The van der Waals surface area contributed by atoms with E-state index in [-0.39, 0.29) is 11.6 Å². The van der Waals surface area contributed by atoms with Crippen molar-refractivity contribution in [3.05, 3.63) is 76.9 Å². The molecule has 3 aromatic rings. The number of methoxy groups -OCH3 is 1. The van der Waals surface area contributed by atoms with E-state index in [2.05, 4.69) is 20.8 Å². The van der Waals surface area contributed by atoms with Crippen LogP contribution in [0.15, 0.2) is 60.7 Å². The first-order valence-electron chi connectivity index (χ1n) is 7.92. The van der Waals surface area contributed by atoms with Crippen molar-refractivity contribution in [3.8, 4) is 5.75 Å². The molecule has 0 aliphatic rings. The van der Waals surface area contributed by atoms with Gasteiger partial charge in [-0.25, -0.2) is 0 Å². The van der Waals surface area contributed by atoms with E-state index in [1.807, 2.05) is 36.4 Å². The summed E-state index contributed by atoms with van der Waals surface area (Å²) < 4.78 is 5.12. The van der Waals surface area contributed by atoms with Gasteiger partial charge in [0, 0.05) is 12.2 Å². The second kappa shape index (κ2) is 8.31. The first kappa shape index (κ1) is 17.7. The summed E-state index contributed by atoms with van der Waals surface area (Å²) >= 11 is 6.09. The van der Waals surface area contributed by atoms with E-state index in [0.717, 1.165) is 11.3 Å². The number of amides is 1. The zero-order valence-electron chi connectivity index (χ0n) is 14.1. The molecule has 1 aromatic heterocycles. The van der Waals surface area contributed by atoms with E-state index in [9.17, 15) is 4.79 Å². The summed E-state index contributed by atoms with van der Waals surface area (Å²) in [5.41, 5.74) is 2.01. The first-order valence-corrected chi connectivity index (χ1v) is 8.30. The van der Waals surface area contributed by atoms with Crippen molar-refractivity contribution < 1.29 is 9.53 Å². The minimum Gasteiger partial charge on any atom is -0.495 e. The van der Waals surface area contributed by atoms with Gasteiger partial charge in [0.1, 0.15) is 5.75 Å². The maximum Gasteiger partial charge on any atom is 0.272 e. The molecule has 7 heteroatoms. The Balaban J connectivity index is 1.61. The third kappa shape index (κ3) is 4.49. The Morgan fingerprint density at radius 1 is 1.08 bits per heavy atom. The van der Waals surface area contributed by atoms with Crippen LogP contribution >= 0.6 is 11.6 Å². The van der Waals surface area contributed by atoms with Crippen LogP contribution in [0.3, 0.4) is 0 Å². The van der Waals surface area contributed by atoms with Crippen molar-refractivity contribution in [1.82, 2.24) is 15.5 Å². The molecule has 0 unspecified atom stereocenters. The molecule has 0 bridgehead atoms. The smallest absolute Gasteiger partial charge is 0.272 e. The minimum absolute atomic E-state index is 0.249. The molecule has 0 saturated carbocycles. The highest BCUT2D eigenvalue weighted by Crippen LogP contribution is 2.28. The number of nitrogens with one attached hydrogen (secondary N) is 2. The molecule has 0 spiro atoms. The van der Waals surface area contributed by atoms with Crippen LogP contribution in [0.1, 0.15) is 16.1 Å². The van der Waals surface area contributed by atoms with E-state index in [1.54, 1.807) is 31.4 Å². The Morgan fingerprint density at radius 3 is 2.54 bits per heavy atom. The average molecular weight is 369 g/mol. The summed E-state index contributed by atoms with van der Waals surface area (Å²) in [5, 5.41) is 14.4. The fourth-order valence-corrected chi connectivity index (χ4v) is 2.54. The highest BCUT2D eigenvalue weighted by molar-refractivity contribution is 6.32. The van der Waals surface area contributed by atoms with Crippen molar-refractivity contribution in [2.24, 2.45) is 0 Å². The zero-order valence-corrected chi connectivity index (χ0v) is 14.8. The van der Waals surface area contributed by atoms with Crippen LogP contribution in [-0.2, 0) is 6.54 Å². The molecule has 0 saturated heterocycles. The molecule has 0 atom stereocenters. The average Bonchev–Trinajstić information content (AvgIpc) is 2.68. The van der Waals surface area contributed by atoms with Crippen LogP contribution in [0.4, 0.5) is 11.5 Å². The molecule has 0 fully saturated rings. The number of nitrogens with zero attached hydrogens (tertiary/aromatic N) is 2. The molecule has 1 heterocycles. The fourth-order valence-electron chi connectivity index (χ4n) is 2.28. The van der Waals surface area contributed by atoms with Crippen LogP contribution in [0, 0.1) is 0 Å². The number of hydrogen-bond acceptors (Lipinski definition) is 5. The Bertz CT molecular complexity index is 886. The minimum atomic E-state index is -0.277. The van der Waals surface area contributed by atoms with Gasteiger partial charge < -0.3 is 15.4 Å². The van der Waals surface area contributed by atoms with Crippen molar-refractivity contribution >= 4 is 29.0 Å². The Labute approximate surface area is 156 Å². The molecule has 26 heavy (non-hydrogen) atoms. The Kier molecular flexibility index (Phi) is 5.66. The molecule has 0 aliphatic carbocycles. The normalized spacial score (nSPS) is 10.2. The molecule has 0 radical (unpaired) electrons. The van der Waals surface area contributed by atoms with Gasteiger partial charge in [0.05, 0.1) is 12.1 Å². The maximum absolute atomic E-state index is 12.1. The highest BCUT2D eigenvalue weighted by atomic mass is 35.5. The van der Waals surface area contributed by atoms with E-state index >= 15 is 0 Å². The van der Waals surface area contributed by atoms with Gasteiger partial charge in [-0.05, 0) is 35.9 Å². The van der Waals surface area contributed by atoms with Crippen LogP contribution in [0.5, 0.6) is 5.75 Å². The lowest BCUT2D eigenvalue weighted by atomic mass is 10.2. The maximum atomic E-state index is 12.1. The number of aromatic nitrogens is 2. The predicted octanol–water partition coefficient (Wildman–Crippen LogP) is 3.81. The third-order valence-corrected chi connectivity index (χ3v) is 3.91. The van der Waals surface area contributed by atoms with E-state index in [1.165, 1.54) is 0 Å². The molecular weight excluding hydrogens is 352 g/mol. The van der Waals surface area contributed by atoms with Gasteiger partial charge in [0.15, 0.2) is 11.5 Å². The van der Waals surface area contributed by atoms with E-state index in [0.29, 0.717) is 23.1 Å². The molecule has 2 N–H and O–H groups in total. The standard InChI is InChI=1S/C19H17ClN4O2/c1-26-17-9-7-14(11-15(17)20)22-18-10-8-16(23-24-18)19(25)21-12-13-5-3-2-4-6-13/h2-11H,12H2,1H3,(H,21,25)(H,22,24). The van der Waals surface area contributed by atoms with Gasteiger partial charge >= 0.3 is 0 Å². The lowest BCUT2D eigenvalue weighted by Gasteiger charge is -2.08. The Morgan fingerprint density at radius 2 is 1.88 bits per heavy atom. The first-order chi connectivity index (χ1) is 12.7. The lowest BCUT2D eigenvalue weighted by molar-refractivity contribution is 0.0945. The lowest BCUT2D eigenvalue weighted by Crippen LogP contribution is -2.24. The summed E-state index contributed by atoms with van der Waals surface area (Å²) in [6.07, 6.45) is 0. The summed E-state index contributed by atoms with van der Waals surface area (Å²) in [6, 6.07) is 18.2. The van der Waals surface area contributed by atoms with Gasteiger partial charge in [0.2, 0.25) is 0 Å². The number of carbonyl (C=O) groups excluding carboxylic acids is 1. The molecule has 0 aliphatic heterocycles. The molecule has 1 amide bonds. The van der Waals surface area contributed by atoms with Gasteiger partial charge in [-0.2, -0.15) is 0 Å². The topological polar surface area (TPSA) is 76.1 Å². The molecule has 2 aromatic carbocycles. The van der Waals surface area contributed by atoms with Crippen LogP contribution in [0.2, 0.25) is 5.02 Å². The predicted molar refractivity (Wildman–Crippen MR) is 101 cm³/mol. The van der Waals surface area contributed by atoms with Gasteiger partial charge in [0.25, 0.3) is 5.91 Å². The van der Waals surface area contributed by atoms with Crippen LogP contribution < -0.4 is 15.4 Å².